The molecule has 1 amide bonds. The Balaban J connectivity index is 1.25. The molecule has 2 bridgehead atoms. The van der Waals surface area contributed by atoms with Crippen molar-refractivity contribution in [3.8, 4) is 0 Å². The normalized spacial score (nSPS) is 23.7. The van der Waals surface area contributed by atoms with Crippen LogP contribution in [0.2, 0.25) is 0 Å². The van der Waals surface area contributed by atoms with Gasteiger partial charge in [0, 0.05) is 36.4 Å². The second kappa shape index (κ2) is 8.26. The average Bonchev–Trinajstić information content (AvgIpc) is 3.38. The highest BCUT2D eigenvalue weighted by Crippen LogP contribution is 2.52. The second-order valence-electron chi connectivity index (χ2n) is 9.48. The maximum absolute atomic E-state index is 12.2. The molecule has 8 heteroatoms. The highest BCUT2D eigenvalue weighted by molar-refractivity contribution is 5.92. The summed E-state index contributed by atoms with van der Waals surface area (Å²) in [4.78, 5) is 35.7. The lowest BCUT2D eigenvalue weighted by atomic mass is 9.91. The van der Waals surface area contributed by atoms with E-state index >= 15 is 0 Å². The first-order valence-electron chi connectivity index (χ1n) is 11.7. The molecule has 3 heterocycles. The van der Waals surface area contributed by atoms with E-state index < -0.39 is 0 Å². The maximum Gasteiger partial charge on any atom is 0.269 e. The molecule has 0 unspecified atom stereocenters. The number of anilines is 1. The van der Waals surface area contributed by atoms with Crippen LogP contribution in [-0.4, -0.2) is 39.0 Å². The van der Waals surface area contributed by atoms with Crippen LogP contribution in [0.3, 0.4) is 0 Å². The number of aromatic nitrogens is 3. The molecule has 0 aromatic carbocycles. The minimum Gasteiger partial charge on any atom is -0.378 e. The Hall–Kier alpha value is -3.26. The Morgan fingerprint density at radius 1 is 1.09 bits per heavy atom. The standard InChI is InChI=1S/C25H30N6O2/c1-3-17-11-20-21(30-22(17)32)10-16(12-27-20)13-29-24-6-8-25(15-24,9-7-24)31-18-4-5-19(28-14-18)23(33)26-2/h4-5,10-12,14,29,31H,3,6-9,13,15H2,1-2H3,(H,26,33)(H,30,32). The van der Waals surface area contributed by atoms with Crippen molar-refractivity contribution in [2.45, 2.75) is 63.1 Å². The number of fused-ring (bicyclic) bond motifs is 3. The van der Waals surface area contributed by atoms with Gasteiger partial charge in [0.15, 0.2) is 0 Å². The molecular formula is C25H30N6O2. The molecule has 0 radical (unpaired) electrons. The number of nitrogens with one attached hydrogen (secondary N) is 4. The number of hydrogen-bond donors (Lipinski definition) is 4. The third-order valence-electron chi connectivity index (χ3n) is 7.35. The summed E-state index contributed by atoms with van der Waals surface area (Å²) < 4.78 is 0. The molecule has 2 saturated carbocycles. The zero-order valence-corrected chi connectivity index (χ0v) is 19.1. The monoisotopic (exact) mass is 446 g/mol. The van der Waals surface area contributed by atoms with E-state index in [-0.39, 0.29) is 22.5 Å². The number of carbonyl (C=O) groups is 1. The SMILES string of the molecule is CCc1cc2ncc(CNC34CCC(Nc5ccc(C(=O)NC)nc5)(CC3)C4)cc2[nH]c1=O. The van der Waals surface area contributed by atoms with E-state index in [0.717, 1.165) is 66.5 Å². The molecule has 0 spiro atoms. The molecule has 3 aromatic heterocycles. The molecule has 33 heavy (non-hydrogen) atoms. The Morgan fingerprint density at radius 3 is 2.58 bits per heavy atom. The van der Waals surface area contributed by atoms with Gasteiger partial charge in [-0.05, 0) is 68.4 Å². The van der Waals surface area contributed by atoms with Crippen LogP contribution in [0.25, 0.3) is 11.0 Å². The Kier molecular flexibility index (Phi) is 5.40. The van der Waals surface area contributed by atoms with Gasteiger partial charge in [0.2, 0.25) is 0 Å². The lowest BCUT2D eigenvalue weighted by Gasteiger charge is -2.29. The van der Waals surface area contributed by atoms with Crippen LogP contribution in [0.1, 0.15) is 60.6 Å². The molecular weight excluding hydrogens is 416 g/mol. The predicted molar refractivity (Wildman–Crippen MR) is 128 cm³/mol. The van der Waals surface area contributed by atoms with Crippen molar-refractivity contribution in [1.82, 2.24) is 25.6 Å². The molecule has 172 valence electrons. The Morgan fingerprint density at radius 2 is 1.88 bits per heavy atom. The Labute approximate surface area is 192 Å². The largest absolute Gasteiger partial charge is 0.378 e. The van der Waals surface area contributed by atoms with Crippen molar-refractivity contribution in [3.05, 3.63) is 63.8 Å². The first-order valence-corrected chi connectivity index (χ1v) is 11.7. The van der Waals surface area contributed by atoms with Gasteiger partial charge >= 0.3 is 0 Å². The van der Waals surface area contributed by atoms with E-state index in [9.17, 15) is 9.59 Å². The van der Waals surface area contributed by atoms with E-state index in [1.54, 1.807) is 19.3 Å². The summed E-state index contributed by atoms with van der Waals surface area (Å²) in [5.74, 6) is -0.178. The predicted octanol–water partition coefficient (Wildman–Crippen LogP) is 2.90. The number of aryl methyl sites for hydroxylation is 1. The molecule has 0 saturated heterocycles. The van der Waals surface area contributed by atoms with Crippen molar-refractivity contribution in [2.24, 2.45) is 0 Å². The van der Waals surface area contributed by atoms with Crippen molar-refractivity contribution < 1.29 is 4.79 Å². The highest BCUT2D eigenvalue weighted by atomic mass is 16.1. The fraction of sp³-hybridized carbons (Fsp3) is 0.440. The van der Waals surface area contributed by atoms with E-state index in [4.69, 9.17) is 0 Å². The highest BCUT2D eigenvalue weighted by Gasteiger charge is 2.54. The summed E-state index contributed by atoms with van der Waals surface area (Å²) in [7, 11) is 1.61. The number of aromatic amines is 1. The van der Waals surface area contributed by atoms with Gasteiger partial charge in [0.05, 0.1) is 22.9 Å². The van der Waals surface area contributed by atoms with Crippen LogP contribution in [0, 0.1) is 0 Å². The van der Waals surface area contributed by atoms with E-state index in [2.05, 4.69) is 30.9 Å². The molecule has 2 aliphatic carbocycles. The van der Waals surface area contributed by atoms with Crippen molar-refractivity contribution in [3.63, 3.8) is 0 Å². The molecule has 0 atom stereocenters. The van der Waals surface area contributed by atoms with Crippen LogP contribution in [0.4, 0.5) is 5.69 Å². The quantitative estimate of drug-likeness (QED) is 0.444. The number of hydrogen-bond acceptors (Lipinski definition) is 6. The minimum absolute atomic E-state index is 0.0317. The van der Waals surface area contributed by atoms with Gasteiger partial charge in [-0.15, -0.1) is 0 Å². The third-order valence-corrected chi connectivity index (χ3v) is 7.35. The molecule has 3 aromatic rings. The smallest absolute Gasteiger partial charge is 0.269 e. The lowest BCUT2D eigenvalue weighted by Crippen LogP contribution is -2.40. The molecule has 4 N–H and O–H groups in total. The van der Waals surface area contributed by atoms with Gasteiger partial charge in [-0.1, -0.05) is 6.92 Å². The van der Waals surface area contributed by atoms with Gasteiger partial charge in [-0.25, -0.2) is 4.98 Å². The maximum atomic E-state index is 12.2. The first kappa shape index (κ1) is 21.6. The zero-order valence-electron chi connectivity index (χ0n) is 19.1. The fourth-order valence-electron chi connectivity index (χ4n) is 5.47. The summed E-state index contributed by atoms with van der Waals surface area (Å²) in [5, 5.41) is 10.1. The summed E-state index contributed by atoms with van der Waals surface area (Å²) in [5.41, 5.74) is 4.96. The van der Waals surface area contributed by atoms with Crippen molar-refractivity contribution in [2.75, 3.05) is 12.4 Å². The van der Waals surface area contributed by atoms with E-state index in [0.29, 0.717) is 12.1 Å². The number of rotatable bonds is 7. The number of pyridine rings is 3. The van der Waals surface area contributed by atoms with Gasteiger partial charge < -0.3 is 20.9 Å². The van der Waals surface area contributed by atoms with Crippen molar-refractivity contribution in [1.29, 1.82) is 0 Å². The van der Waals surface area contributed by atoms with Gasteiger partial charge in [-0.2, -0.15) is 0 Å². The summed E-state index contributed by atoms with van der Waals surface area (Å²) in [6.45, 7) is 2.70. The number of amides is 1. The van der Waals surface area contributed by atoms with Gasteiger partial charge in [0.25, 0.3) is 11.5 Å². The summed E-state index contributed by atoms with van der Waals surface area (Å²) in [6.07, 6.45) is 9.82. The van der Waals surface area contributed by atoms with E-state index in [1.165, 1.54) is 0 Å². The minimum atomic E-state index is -0.178. The fourth-order valence-corrected chi connectivity index (χ4v) is 5.47. The van der Waals surface area contributed by atoms with Crippen LogP contribution >= 0.6 is 0 Å². The van der Waals surface area contributed by atoms with E-state index in [1.807, 2.05) is 31.3 Å². The molecule has 2 fully saturated rings. The third kappa shape index (κ3) is 4.11. The number of nitrogens with zero attached hydrogens (tertiary/aromatic N) is 2. The van der Waals surface area contributed by atoms with Crippen LogP contribution in [0.15, 0.2) is 41.5 Å². The lowest BCUT2D eigenvalue weighted by molar-refractivity contribution is 0.0958. The average molecular weight is 447 g/mol. The molecule has 2 aliphatic rings. The zero-order chi connectivity index (χ0) is 23.1. The first-order chi connectivity index (χ1) is 15.9. The topological polar surface area (TPSA) is 112 Å². The molecule has 8 nitrogen and oxygen atoms in total. The van der Waals surface area contributed by atoms with Crippen LogP contribution < -0.4 is 21.5 Å². The molecule has 0 aliphatic heterocycles. The van der Waals surface area contributed by atoms with Crippen LogP contribution in [0.5, 0.6) is 0 Å². The Bertz CT molecular complexity index is 1240. The summed E-state index contributed by atoms with van der Waals surface area (Å²) in [6, 6.07) is 7.60. The van der Waals surface area contributed by atoms with Gasteiger partial charge in [0.1, 0.15) is 5.69 Å². The van der Waals surface area contributed by atoms with Gasteiger partial charge in [-0.3, -0.25) is 14.6 Å². The van der Waals surface area contributed by atoms with Crippen molar-refractivity contribution >= 4 is 22.6 Å². The second-order valence-corrected chi connectivity index (χ2v) is 9.48. The number of carbonyl (C=O) groups excluding carboxylic acids is 1. The molecule has 5 rings (SSSR count). The summed E-state index contributed by atoms with van der Waals surface area (Å²) >= 11 is 0. The van der Waals surface area contributed by atoms with Crippen LogP contribution in [-0.2, 0) is 13.0 Å². The number of H-pyrrole nitrogens is 1.